The van der Waals surface area contributed by atoms with E-state index in [2.05, 4.69) is 6.92 Å². The fourth-order valence-corrected chi connectivity index (χ4v) is 2.14. The molecule has 0 atom stereocenters. The zero-order valence-electron chi connectivity index (χ0n) is 8.51. The Bertz CT molecular complexity index is 348. The molecule has 3 heteroatoms. The first-order chi connectivity index (χ1) is 6.97. The summed E-state index contributed by atoms with van der Waals surface area (Å²) >= 11 is 0. The molecule has 0 spiro atoms. The monoisotopic (exact) mass is 214 g/mol. The van der Waals surface area contributed by atoms with Crippen LogP contribution in [0.4, 0.5) is 13.2 Å². The molecular weight excluding hydrogens is 201 g/mol. The number of benzene rings is 1. The van der Waals surface area contributed by atoms with E-state index in [0.717, 1.165) is 24.5 Å². The maximum atomic E-state index is 12.4. The minimum atomic E-state index is -4.22. The van der Waals surface area contributed by atoms with Gasteiger partial charge in [-0.15, -0.1) is 0 Å². The van der Waals surface area contributed by atoms with Gasteiger partial charge in [-0.3, -0.25) is 0 Å². The smallest absolute Gasteiger partial charge is 0.166 e. The number of hydrogen-bond acceptors (Lipinski definition) is 0. The molecule has 0 aromatic heterocycles. The Morgan fingerprint density at radius 1 is 1.20 bits per heavy atom. The molecule has 0 radical (unpaired) electrons. The molecule has 82 valence electrons. The van der Waals surface area contributed by atoms with E-state index in [1.54, 1.807) is 6.07 Å². The molecule has 0 heterocycles. The Morgan fingerprint density at radius 2 is 1.87 bits per heavy atom. The van der Waals surface area contributed by atoms with E-state index in [9.17, 15) is 13.2 Å². The molecule has 0 saturated heterocycles. The summed E-state index contributed by atoms with van der Waals surface area (Å²) in [6.45, 7) is 2.13. The SMILES string of the molecule is CC1CC(c2cccc(C(F)(F)F)c2)C1. The quantitative estimate of drug-likeness (QED) is 0.656. The summed E-state index contributed by atoms with van der Waals surface area (Å²) in [6, 6.07) is 5.72. The first kappa shape index (κ1) is 10.5. The van der Waals surface area contributed by atoms with E-state index >= 15 is 0 Å². The minimum absolute atomic E-state index is 0.335. The van der Waals surface area contributed by atoms with Gasteiger partial charge in [0.25, 0.3) is 0 Å². The van der Waals surface area contributed by atoms with Gasteiger partial charge in [-0.25, -0.2) is 0 Å². The van der Waals surface area contributed by atoms with Crippen LogP contribution in [0.2, 0.25) is 0 Å². The lowest BCUT2D eigenvalue weighted by Gasteiger charge is -2.33. The van der Waals surface area contributed by atoms with Crippen molar-refractivity contribution >= 4 is 0 Å². The fraction of sp³-hybridized carbons (Fsp3) is 0.500. The van der Waals surface area contributed by atoms with Crippen LogP contribution in [0.25, 0.3) is 0 Å². The van der Waals surface area contributed by atoms with Crippen LogP contribution in [0.3, 0.4) is 0 Å². The second-order valence-electron chi connectivity index (χ2n) is 4.40. The van der Waals surface area contributed by atoms with Gasteiger partial charge in [0.1, 0.15) is 0 Å². The highest BCUT2D eigenvalue weighted by atomic mass is 19.4. The predicted molar refractivity (Wildman–Crippen MR) is 52.6 cm³/mol. The van der Waals surface area contributed by atoms with Crippen molar-refractivity contribution in [2.75, 3.05) is 0 Å². The summed E-state index contributed by atoms with van der Waals surface area (Å²) in [5, 5.41) is 0. The summed E-state index contributed by atoms with van der Waals surface area (Å²) < 4.78 is 37.3. The number of rotatable bonds is 1. The molecule has 0 aliphatic heterocycles. The third-order valence-electron chi connectivity index (χ3n) is 3.06. The molecule has 1 aliphatic rings. The van der Waals surface area contributed by atoms with E-state index in [-0.39, 0.29) is 0 Å². The van der Waals surface area contributed by atoms with Gasteiger partial charge < -0.3 is 0 Å². The van der Waals surface area contributed by atoms with Crippen LogP contribution < -0.4 is 0 Å². The second kappa shape index (κ2) is 3.54. The van der Waals surface area contributed by atoms with Crippen molar-refractivity contribution in [2.24, 2.45) is 5.92 Å². The van der Waals surface area contributed by atoms with Gasteiger partial charge in [-0.1, -0.05) is 25.1 Å². The van der Waals surface area contributed by atoms with E-state index in [4.69, 9.17) is 0 Å². The first-order valence-corrected chi connectivity index (χ1v) is 5.14. The van der Waals surface area contributed by atoms with Gasteiger partial charge >= 0.3 is 6.18 Å². The van der Waals surface area contributed by atoms with Crippen LogP contribution in [0.15, 0.2) is 24.3 Å². The summed E-state index contributed by atoms with van der Waals surface area (Å²) in [6.07, 6.45) is -2.19. The highest BCUT2D eigenvalue weighted by Crippen LogP contribution is 2.42. The summed E-state index contributed by atoms with van der Waals surface area (Å²) in [5.74, 6) is 0.992. The predicted octanol–water partition coefficient (Wildman–Crippen LogP) is 4.22. The maximum Gasteiger partial charge on any atom is 0.416 e. The largest absolute Gasteiger partial charge is 0.416 e. The van der Waals surface area contributed by atoms with Gasteiger partial charge in [-0.2, -0.15) is 13.2 Å². The molecule has 1 aromatic carbocycles. The Balaban J connectivity index is 2.20. The molecule has 15 heavy (non-hydrogen) atoms. The van der Waals surface area contributed by atoms with Gasteiger partial charge in [0.15, 0.2) is 0 Å². The van der Waals surface area contributed by atoms with Crippen molar-refractivity contribution in [3.05, 3.63) is 35.4 Å². The lowest BCUT2D eigenvalue weighted by Crippen LogP contribution is -2.19. The molecule has 0 amide bonds. The molecule has 0 nitrogen and oxygen atoms in total. The summed E-state index contributed by atoms with van der Waals surface area (Å²) in [4.78, 5) is 0. The van der Waals surface area contributed by atoms with E-state index < -0.39 is 11.7 Å². The van der Waals surface area contributed by atoms with E-state index in [0.29, 0.717) is 11.8 Å². The summed E-state index contributed by atoms with van der Waals surface area (Å²) in [5.41, 5.74) is 0.308. The highest BCUT2D eigenvalue weighted by Gasteiger charge is 2.32. The Labute approximate surface area is 87.1 Å². The minimum Gasteiger partial charge on any atom is -0.166 e. The van der Waals surface area contributed by atoms with Crippen molar-refractivity contribution in [1.29, 1.82) is 0 Å². The lowest BCUT2D eigenvalue weighted by molar-refractivity contribution is -0.137. The van der Waals surface area contributed by atoms with Crippen LogP contribution in [-0.4, -0.2) is 0 Å². The van der Waals surface area contributed by atoms with Crippen LogP contribution in [0.1, 0.15) is 36.8 Å². The van der Waals surface area contributed by atoms with Crippen molar-refractivity contribution in [3.63, 3.8) is 0 Å². The normalized spacial score (nSPS) is 26.1. The fourth-order valence-electron chi connectivity index (χ4n) is 2.14. The van der Waals surface area contributed by atoms with Crippen LogP contribution in [0.5, 0.6) is 0 Å². The van der Waals surface area contributed by atoms with Gasteiger partial charge in [0.05, 0.1) is 5.56 Å². The average molecular weight is 214 g/mol. The van der Waals surface area contributed by atoms with Crippen LogP contribution in [0, 0.1) is 5.92 Å². The molecule has 0 bridgehead atoms. The Morgan fingerprint density at radius 3 is 2.40 bits per heavy atom. The van der Waals surface area contributed by atoms with Crippen molar-refractivity contribution in [2.45, 2.75) is 31.9 Å². The molecule has 1 aliphatic carbocycles. The van der Waals surface area contributed by atoms with Crippen molar-refractivity contribution < 1.29 is 13.2 Å². The zero-order valence-corrected chi connectivity index (χ0v) is 8.51. The van der Waals surface area contributed by atoms with E-state index in [1.165, 1.54) is 12.1 Å². The topological polar surface area (TPSA) is 0 Å². The third-order valence-corrected chi connectivity index (χ3v) is 3.06. The Kier molecular flexibility index (Phi) is 2.49. The third kappa shape index (κ3) is 2.16. The Hall–Kier alpha value is -0.990. The van der Waals surface area contributed by atoms with E-state index in [1.807, 2.05) is 0 Å². The van der Waals surface area contributed by atoms with Crippen molar-refractivity contribution in [1.82, 2.24) is 0 Å². The summed E-state index contributed by atoms with van der Waals surface area (Å²) in [7, 11) is 0. The number of hydrogen-bond donors (Lipinski definition) is 0. The maximum absolute atomic E-state index is 12.4. The molecule has 1 saturated carbocycles. The van der Waals surface area contributed by atoms with Crippen LogP contribution >= 0.6 is 0 Å². The average Bonchev–Trinajstić information content (AvgIpc) is 2.12. The number of alkyl halides is 3. The molecule has 2 rings (SSSR count). The standard InChI is InChI=1S/C12H13F3/c1-8-5-10(6-8)9-3-2-4-11(7-9)12(13,14)15/h2-4,7-8,10H,5-6H2,1H3. The van der Waals surface area contributed by atoms with Gasteiger partial charge in [0.2, 0.25) is 0 Å². The molecular formula is C12H13F3. The number of halogens is 3. The van der Waals surface area contributed by atoms with Crippen molar-refractivity contribution in [3.8, 4) is 0 Å². The first-order valence-electron chi connectivity index (χ1n) is 5.14. The lowest BCUT2D eigenvalue weighted by atomic mass is 9.72. The molecule has 0 unspecified atom stereocenters. The van der Waals surface area contributed by atoms with Crippen LogP contribution in [-0.2, 0) is 6.18 Å². The van der Waals surface area contributed by atoms with Gasteiger partial charge in [0, 0.05) is 0 Å². The molecule has 0 N–H and O–H groups in total. The zero-order chi connectivity index (χ0) is 11.1. The second-order valence-corrected chi connectivity index (χ2v) is 4.40. The van der Waals surface area contributed by atoms with Gasteiger partial charge in [-0.05, 0) is 36.3 Å². The molecule has 1 fully saturated rings. The molecule has 1 aromatic rings. The highest BCUT2D eigenvalue weighted by molar-refractivity contribution is 5.29.